The van der Waals surface area contributed by atoms with Crippen LogP contribution in [0.1, 0.15) is 0 Å². The van der Waals surface area contributed by atoms with Gasteiger partial charge in [-0.05, 0) is 24.3 Å². The Morgan fingerprint density at radius 1 is 1.00 bits per heavy atom. The molecule has 2 amide bonds. The summed E-state index contributed by atoms with van der Waals surface area (Å²) in [4.78, 5) is 13.3. The van der Waals surface area contributed by atoms with Crippen LogP contribution in [-0.2, 0) is 10.0 Å². The number of para-hydroxylation sites is 3. The lowest BCUT2D eigenvalue weighted by atomic mass is 10.3. The van der Waals surface area contributed by atoms with E-state index in [-0.39, 0.29) is 16.6 Å². The number of hydrogen-bond donors (Lipinski definition) is 2. The highest BCUT2D eigenvalue weighted by molar-refractivity contribution is 7.92. The van der Waals surface area contributed by atoms with Crippen molar-refractivity contribution in [3.63, 3.8) is 0 Å². The fourth-order valence-electron chi connectivity index (χ4n) is 2.28. The van der Waals surface area contributed by atoms with E-state index in [1.165, 1.54) is 22.0 Å². The van der Waals surface area contributed by atoms with Gasteiger partial charge in [-0.15, -0.1) is 0 Å². The molecule has 0 radical (unpaired) electrons. The molecule has 8 nitrogen and oxygen atoms in total. The lowest BCUT2D eigenvalue weighted by Gasteiger charge is -2.15. The number of carbonyl (C=O) groups is 1. The molecule has 0 aliphatic heterocycles. The monoisotopic (exact) mass is 385 g/mol. The van der Waals surface area contributed by atoms with Crippen LogP contribution in [0.2, 0.25) is 0 Å². The Bertz CT molecular complexity index is 1050. The predicted octanol–water partition coefficient (Wildman–Crippen LogP) is 2.77. The van der Waals surface area contributed by atoms with Crippen LogP contribution in [-0.4, -0.2) is 43.2 Å². The first-order chi connectivity index (χ1) is 12.9. The summed E-state index contributed by atoms with van der Waals surface area (Å²) in [5.74, 6) is 0. The molecule has 0 unspecified atom stereocenters. The van der Waals surface area contributed by atoms with Gasteiger partial charge >= 0.3 is 6.03 Å². The van der Waals surface area contributed by atoms with Crippen LogP contribution in [0.25, 0.3) is 5.69 Å². The van der Waals surface area contributed by atoms with Crippen LogP contribution >= 0.6 is 0 Å². The quantitative estimate of drug-likeness (QED) is 0.706. The zero-order valence-corrected chi connectivity index (χ0v) is 15.6. The lowest BCUT2D eigenvalue weighted by molar-refractivity contribution is 0.230. The molecule has 2 N–H and O–H groups in total. The van der Waals surface area contributed by atoms with Crippen LogP contribution in [0.15, 0.2) is 71.9 Å². The van der Waals surface area contributed by atoms with Crippen molar-refractivity contribution in [2.24, 2.45) is 0 Å². The topological polar surface area (TPSA) is 96.3 Å². The zero-order chi connectivity index (χ0) is 19.4. The summed E-state index contributed by atoms with van der Waals surface area (Å²) >= 11 is 0. The van der Waals surface area contributed by atoms with Gasteiger partial charge in [0.25, 0.3) is 10.0 Å². The minimum absolute atomic E-state index is 0.0140. The van der Waals surface area contributed by atoms with Crippen LogP contribution in [0, 0.1) is 0 Å². The summed E-state index contributed by atoms with van der Waals surface area (Å²) < 4.78 is 29.4. The highest BCUT2D eigenvalue weighted by atomic mass is 32.2. The molecule has 0 aliphatic rings. The summed E-state index contributed by atoms with van der Waals surface area (Å²) in [6, 6.07) is 15.4. The maximum Gasteiger partial charge on any atom is 0.321 e. The van der Waals surface area contributed by atoms with E-state index < -0.39 is 10.0 Å². The molecule has 3 rings (SSSR count). The maximum absolute atomic E-state index is 12.7. The molecule has 1 aromatic heterocycles. The van der Waals surface area contributed by atoms with E-state index in [2.05, 4.69) is 15.1 Å². The Hall–Kier alpha value is -3.33. The number of benzene rings is 2. The first-order valence-electron chi connectivity index (χ1n) is 8.07. The van der Waals surface area contributed by atoms with Crippen molar-refractivity contribution < 1.29 is 13.2 Å². The molecule has 0 spiro atoms. The molecule has 0 saturated heterocycles. The summed E-state index contributed by atoms with van der Waals surface area (Å²) in [6.07, 6.45) is 2.70. The molecule has 0 atom stereocenters. The third-order valence-electron chi connectivity index (χ3n) is 3.71. The molecule has 2 aromatic carbocycles. The minimum Gasteiger partial charge on any atom is -0.331 e. The van der Waals surface area contributed by atoms with Crippen LogP contribution in [0.4, 0.5) is 16.2 Å². The van der Waals surface area contributed by atoms with Gasteiger partial charge < -0.3 is 10.2 Å². The zero-order valence-electron chi connectivity index (χ0n) is 14.8. The van der Waals surface area contributed by atoms with Crippen molar-refractivity contribution in [3.05, 3.63) is 67.0 Å². The van der Waals surface area contributed by atoms with Gasteiger partial charge in [-0.1, -0.05) is 30.3 Å². The van der Waals surface area contributed by atoms with Gasteiger partial charge in [0.1, 0.15) is 4.90 Å². The SMILES string of the molecule is CN(C)C(=O)Nc1ccccc1NS(=O)(=O)c1cnn(-c2ccccc2)c1. The van der Waals surface area contributed by atoms with Gasteiger partial charge in [0.05, 0.1) is 29.5 Å². The number of urea groups is 1. The predicted molar refractivity (Wildman–Crippen MR) is 104 cm³/mol. The minimum atomic E-state index is -3.88. The molecule has 27 heavy (non-hydrogen) atoms. The van der Waals surface area contributed by atoms with Crippen LogP contribution < -0.4 is 10.0 Å². The number of amides is 2. The lowest BCUT2D eigenvalue weighted by Crippen LogP contribution is -2.28. The van der Waals surface area contributed by atoms with Crippen LogP contribution in [0.3, 0.4) is 0 Å². The molecular formula is C18H19N5O3S. The van der Waals surface area contributed by atoms with Crippen molar-refractivity contribution in [2.45, 2.75) is 4.90 Å². The third kappa shape index (κ3) is 4.26. The highest BCUT2D eigenvalue weighted by Crippen LogP contribution is 2.25. The molecule has 0 fully saturated rings. The molecular weight excluding hydrogens is 366 g/mol. The molecule has 1 heterocycles. The van der Waals surface area contributed by atoms with Crippen molar-refractivity contribution >= 4 is 27.4 Å². The highest BCUT2D eigenvalue weighted by Gasteiger charge is 2.19. The first kappa shape index (κ1) is 18.5. The Kier molecular flexibility index (Phi) is 5.13. The van der Waals surface area contributed by atoms with E-state index in [9.17, 15) is 13.2 Å². The van der Waals surface area contributed by atoms with Crippen LogP contribution in [0.5, 0.6) is 0 Å². The number of rotatable bonds is 5. The summed E-state index contributed by atoms with van der Waals surface area (Å²) in [5.41, 5.74) is 1.37. The smallest absolute Gasteiger partial charge is 0.321 e. The molecule has 0 bridgehead atoms. The van der Waals surface area contributed by atoms with Crippen molar-refractivity contribution in [2.75, 3.05) is 24.1 Å². The van der Waals surface area contributed by atoms with Gasteiger partial charge in [0, 0.05) is 14.1 Å². The normalized spacial score (nSPS) is 11.0. The van der Waals surface area contributed by atoms with Gasteiger partial charge in [-0.2, -0.15) is 5.10 Å². The molecule has 0 saturated carbocycles. The van der Waals surface area contributed by atoms with E-state index in [1.54, 1.807) is 38.4 Å². The first-order valence-corrected chi connectivity index (χ1v) is 9.55. The molecule has 140 valence electrons. The van der Waals surface area contributed by atoms with E-state index in [4.69, 9.17) is 0 Å². The Balaban J connectivity index is 1.86. The van der Waals surface area contributed by atoms with E-state index in [0.717, 1.165) is 5.69 Å². The standard InChI is InChI=1S/C18H19N5O3S/c1-22(2)18(24)20-16-10-6-7-11-17(16)21-27(25,26)15-12-19-23(13-15)14-8-4-3-5-9-14/h3-13,21H,1-2H3,(H,20,24). The molecule has 0 aliphatic carbocycles. The largest absolute Gasteiger partial charge is 0.331 e. The number of anilines is 2. The fourth-order valence-corrected chi connectivity index (χ4v) is 3.29. The van der Waals surface area contributed by atoms with E-state index in [0.29, 0.717) is 5.69 Å². The van der Waals surface area contributed by atoms with Gasteiger partial charge in [-0.3, -0.25) is 4.72 Å². The van der Waals surface area contributed by atoms with Gasteiger partial charge in [-0.25, -0.2) is 17.9 Å². The fraction of sp³-hybridized carbons (Fsp3) is 0.111. The Morgan fingerprint density at radius 3 is 2.30 bits per heavy atom. The van der Waals surface area contributed by atoms with Gasteiger partial charge in [0.2, 0.25) is 0 Å². The number of hydrogen-bond acceptors (Lipinski definition) is 4. The van der Waals surface area contributed by atoms with Crippen molar-refractivity contribution in [1.82, 2.24) is 14.7 Å². The summed E-state index contributed by atoms with van der Waals surface area (Å²) in [7, 11) is -0.683. The molecule has 3 aromatic rings. The average molecular weight is 385 g/mol. The Morgan fingerprint density at radius 2 is 1.63 bits per heavy atom. The number of sulfonamides is 1. The Labute approximate surface area is 157 Å². The number of nitrogens with one attached hydrogen (secondary N) is 2. The van der Waals surface area contributed by atoms with Gasteiger partial charge in [0.15, 0.2) is 0 Å². The maximum atomic E-state index is 12.7. The number of nitrogens with zero attached hydrogens (tertiary/aromatic N) is 3. The van der Waals surface area contributed by atoms with Crippen molar-refractivity contribution in [1.29, 1.82) is 0 Å². The third-order valence-corrected chi connectivity index (χ3v) is 5.03. The van der Waals surface area contributed by atoms with Crippen molar-refractivity contribution in [3.8, 4) is 5.69 Å². The average Bonchev–Trinajstić information content (AvgIpc) is 3.15. The number of aromatic nitrogens is 2. The second-order valence-corrected chi connectivity index (χ2v) is 7.61. The second-order valence-electron chi connectivity index (χ2n) is 5.93. The van der Waals surface area contributed by atoms with E-state index in [1.807, 2.05) is 30.3 Å². The summed E-state index contributed by atoms with van der Waals surface area (Å²) in [6.45, 7) is 0. The van der Waals surface area contributed by atoms with E-state index >= 15 is 0 Å². The second kappa shape index (κ2) is 7.50. The number of carbonyl (C=O) groups excluding carboxylic acids is 1. The summed E-state index contributed by atoms with van der Waals surface area (Å²) in [5, 5.41) is 6.76. The molecule has 9 heteroatoms.